The van der Waals surface area contributed by atoms with Crippen molar-refractivity contribution in [1.82, 2.24) is 0 Å². The molecule has 1 aromatic carbocycles. The van der Waals surface area contributed by atoms with Crippen molar-refractivity contribution in [2.45, 2.75) is 0 Å². The van der Waals surface area contributed by atoms with Gasteiger partial charge in [-0.2, -0.15) is 0 Å². The molecular formula is C8H10N2OS. The molecule has 0 amide bonds. The fourth-order valence-corrected chi connectivity index (χ4v) is 1.05. The summed E-state index contributed by atoms with van der Waals surface area (Å²) in [4.78, 5) is 4.08. The van der Waals surface area contributed by atoms with Gasteiger partial charge in [0.15, 0.2) is 5.17 Å². The molecule has 4 heteroatoms. The maximum Gasteiger partial charge on any atom is 0.186 e. The maximum atomic E-state index is 5.50. The van der Waals surface area contributed by atoms with Gasteiger partial charge in [0.05, 0.1) is 24.8 Å². The Balaban J connectivity index is 2.67. The van der Waals surface area contributed by atoms with Crippen LogP contribution in [-0.2, 0) is 4.18 Å². The third kappa shape index (κ3) is 2.94. The lowest BCUT2D eigenvalue weighted by Gasteiger charge is -1.96. The first-order valence-corrected chi connectivity index (χ1v) is 4.17. The molecule has 0 fully saturated rings. The average molecular weight is 182 g/mol. The Morgan fingerprint density at radius 1 is 1.42 bits per heavy atom. The van der Waals surface area contributed by atoms with E-state index in [0.717, 1.165) is 17.7 Å². The molecule has 0 spiro atoms. The first-order chi connectivity index (χ1) is 5.83. The van der Waals surface area contributed by atoms with E-state index in [1.54, 1.807) is 7.11 Å². The largest absolute Gasteiger partial charge is 0.376 e. The van der Waals surface area contributed by atoms with Gasteiger partial charge in [-0.05, 0) is 12.1 Å². The van der Waals surface area contributed by atoms with Crippen LogP contribution in [0.15, 0.2) is 35.3 Å². The van der Waals surface area contributed by atoms with Crippen LogP contribution in [0.4, 0.5) is 5.69 Å². The highest BCUT2D eigenvalue weighted by molar-refractivity contribution is 8.09. The standard InChI is InChI=1S/C8H10N2OS/c1-11-12-8(9)10-7-5-3-2-4-6-7/h2-6H,1H3,(H2,9,10). The molecule has 0 atom stereocenters. The Bertz CT molecular complexity index is 261. The summed E-state index contributed by atoms with van der Waals surface area (Å²) in [6.07, 6.45) is 0. The number of aliphatic imine (C=N–C) groups is 1. The second kappa shape index (κ2) is 4.79. The number of amidine groups is 1. The minimum atomic E-state index is 0.406. The Morgan fingerprint density at radius 2 is 2.08 bits per heavy atom. The fourth-order valence-electron chi connectivity index (χ4n) is 0.734. The second-order valence-corrected chi connectivity index (χ2v) is 2.95. The van der Waals surface area contributed by atoms with Crippen molar-refractivity contribution >= 4 is 22.9 Å². The smallest absolute Gasteiger partial charge is 0.186 e. The Kier molecular flexibility index (Phi) is 3.63. The highest BCUT2D eigenvalue weighted by Gasteiger charge is 1.92. The van der Waals surface area contributed by atoms with E-state index in [-0.39, 0.29) is 0 Å². The summed E-state index contributed by atoms with van der Waals surface area (Å²) in [7, 11) is 1.55. The van der Waals surface area contributed by atoms with Crippen LogP contribution in [0.5, 0.6) is 0 Å². The van der Waals surface area contributed by atoms with E-state index < -0.39 is 0 Å². The van der Waals surface area contributed by atoms with E-state index in [4.69, 9.17) is 9.92 Å². The number of rotatable bonds is 2. The summed E-state index contributed by atoms with van der Waals surface area (Å²) in [6, 6.07) is 9.50. The van der Waals surface area contributed by atoms with E-state index in [9.17, 15) is 0 Å². The number of benzene rings is 1. The van der Waals surface area contributed by atoms with Gasteiger partial charge in [-0.25, -0.2) is 4.99 Å². The topological polar surface area (TPSA) is 47.6 Å². The van der Waals surface area contributed by atoms with E-state index in [0.29, 0.717) is 5.17 Å². The van der Waals surface area contributed by atoms with Crippen LogP contribution in [0.1, 0.15) is 0 Å². The SMILES string of the molecule is COSC(N)=Nc1ccccc1. The van der Waals surface area contributed by atoms with Crippen molar-refractivity contribution in [3.8, 4) is 0 Å². The van der Waals surface area contributed by atoms with Crippen LogP contribution in [-0.4, -0.2) is 12.3 Å². The predicted octanol–water partition coefficient (Wildman–Crippen LogP) is 1.93. The summed E-state index contributed by atoms with van der Waals surface area (Å²) in [5, 5.41) is 0.406. The highest BCUT2D eigenvalue weighted by atomic mass is 32.2. The molecule has 0 bridgehead atoms. The van der Waals surface area contributed by atoms with Crippen molar-refractivity contribution in [1.29, 1.82) is 0 Å². The molecule has 0 aliphatic heterocycles. The normalized spacial score (nSPS) is 11.6. The number of nitrogens with two attached hydrogens (primary N) is 1. The van der Waals surface area contributed by atoms with Crippen LogP contribution in [0.25, 0.3) is 0 Å². The van der Waals surface area contributed by atoms with Crippen LogP contribution in [0, 0.1) is 0 Å². The zero-order chi connectivity index (χ0) is 8.81. The third-order valence-electron chi connectivity index (χ3n) is 1.16. The molecule has 2 N–H and O–H groups in total. The van der Waals surface area contributed by atoms with Gasteiger partial charge in [0.2, 0.25) is 0 Å². The molecule has 0 heterocycles. The molecule has 0 unspecified atom stereocenters. The lowest BCUT2D eigenvalue weighted by molar-refractivity contribution is 0.496. The molecule has 0 aliphatic carbocycles. The molecule has 0 saturated heterocycles. The lowest BCUT2D eigenvalue weighted by Crippen LogP contribution is -2.05. The van der Waals surface area contributed by atoms with Crippen LogP contribution >= 0.6 is 12.0 Å². The summed E-state index contributed by atoms with van der Waals surface area (Å²) >= 11 is 1.05. The number of nitrogens with zero attached hydrogens (tertiary/aromatic N) is 1. The molecule has 1 rings (SSSR count). The zero-order valence-electron chi connectivity index (χ0n) is 6.73. The maximum absolute atomic E-state index is 5.50. The summed E-state index contributed by atoms with van der Waals surface area (Å²) in [6.45, 7) is 0. The molecule has 0 saturated carbocycles. The van der Waals surface area contributed by atoms with E-state index in [1.165, 1.54) is 0 Å². The van der Waals surface area contributed by atoms with Gasteiger partial charge < -0.3 is 9.92 Å². The third-order valence-corrected chi connectivity index (χ3v) is 1.59. The molecular weight excluding hydrogens is 172 g/mol. The Labute approximate surface area is 75.8 Å². The predicted molar refractivity (Wildman–Crippen MR) is 52.3 cm³/mol. The minimum absolute atomic E-state index is 0.406. The van der Waals surface area contributed by atoms with E-state index in [2.05, 4.69) is 4.99 Å². The van der Waals surface area contributed by atoms with Gasteiger partial charge in [-0.1, -0.05) is 18.2 Å². The highest BCUT2D eigenvalue weighted by Crippen LogP contribution is 2.12. The van der Waals surface area contributed by atoms with Crippen molar-refractivity contribution in [2.24, 2.45) is 10.7 Å². The van der Waals surface area contributed by atoms with Gasteiger partial charge in [0.1, 0.15) is 0 Å². The summed E-state index contributed by atoms with van der Waals surface area (Å²) in [5.41, 5.74) is 6.34. The Morgan fingerprint density at radius 3 is 2.67 bits per heavy atom. The molecule has 0 aromatic heterocycles. The second-order valence-electron chi connectivity index (χ2n) is 2.04. The number of para-hydroxylation sites is 1. The molecule has 3 nitrogen and oxygen atoms in total. The number of hydrogen-bond donors (Lipinski definition) is 1. The minimum Gasteiger partial charge on any atom is -0.376 e. The molecule has 0 aliphatic rings. The monoisotopic (exact) mass is 182 g/mol. The van der Waals surface area contributed by atoms with E-state index in [1.807, 2.05) is 30.3 Å². The van der Waals surface area contributed by atoms with Crippen molar-refractivity contribution in [3.05, 3.63) is 30.3 Å². The summed E-state index contributed by atoms with van der Waals surface area (Å²) in [5.74, 6) is 0. The van der Waals surface area contributed by atoms with E-state index >= 15 is 0 Å². The quantitative estimate of drug-likeness (QED) is 0.432. The fraction of sp³-hybridized carbons (Fsp3) is 0.125. The molecule has 1 aromatic rings. The number of hydrogen-bond acceptors (Lipinski definition) is 3. The van der Waals surface area contributed by atoms with Gasteiger partial charge >= 0.3 is 0 Å². The molecule has 0 radical (unpaired) electrons. The average Bonchev–Trinajstić information content (AvgIpc) is 2.06. The zero-order valence-corrected chi connectivity index (χ0v) is 7.54. The molecule has 12 heavy (non-hydrogen) atoms. The van der Waals surface area contributed by atoms with Crippen molar-refractivity contribution in [3.63, 3.8) is 0 Å². The van der Waals surface area contributed by atoms with Crippen LogP contribution < -0.4 is 5.73 Å². The van der Waals surface area contributed by atoms with Crippen molar-refractivity contribution in [2.75, 3.05) is 7.11 Å². The van der Waals surface area contributed by atoms with Crippen LogP contribution in [0.2, 0.25) is 0 Å². The Hall–Kier alpha value is -1.00. The van der Waals surface area contributed by atoms with Crippen molar-refractivity contribution < 1.29 is 4.18 Å². The first-order valence-electron chi connectivity index (χ1n) is 3.43. The van der Waals surface area contributed by atoms with Gasteiger partial charge in [-0.15, -0.1) is 0 Å². The lowest BCUT2D eigenvalue weighted by atomic mass is 10.3. The molecule has 64 valence electrons. The van der Waals surface area contributed by atoms with Gasteiger partial charge in [0, 0.05) is 0 Å². The van der Waals surface area contributed by atoms with Gasteiger partial charge in [-0.3, -0.25) is 0 Å². The summed E-state index contributed by atoms with van der Waals surface area (Å²) < 4.78 is 4.74. The van der Waals surface area contributed by atoms with Gasteiger partial charge in [0.25, 0.3) is 0 Å². The van der Waals surface area contributed by atoms with Crippen LogP contribution in [0.3, 0.4) is 0 Å². The first kappa shape index (κ1) is 9.09.